The number of benzene rings is 1. The van der Waals surface area contributed by atoms with Crippen LogP contribution in [0.25, 0.3) is 11.3 Å². The average molecular weight is 578 g/mol. The Balaban J connectivity index is 1.71. The van der Waals surface area contributed by atoms with Gasteiger partial charge in [0, 0.05) is 37.8 Å². The number of amides is 2. The van der Waals surface area contributed by atoms with Crippen LogP contribution in [0.3, 0.4) is 0 Å². The van der Waals surface area contributed by atoms with Crippen molar-refractivity contribution in [3.63, 3.8) is 0 Å². The number of piperazine rings is 1. The molecule has 2 saturated heterocycles. The summed E-state index contributed by atoms with van der Waals surface area (Å²) in [6.45, 7) is 5.80. The summed E-state index contributed by atoms with van der Waals surface area (Å²) in [5.41, 5.74) is -1.66. The second-order valence-electron chi connectivity index (χ2n) is 10.8. The lowest BCUT2D eigenvalue weighted by Crippen LogP contribution is -2.57. The van der Waals surface area contributed by atoms with Crippen LogP contribution in [0, 0.1) is 5.82 Å². The van der Waals surface area contributed by atoms with Crippen molar-refractivity contribution in [2.75, 3.05) is 51.8 Å². The molecule has 0 radical (unpaired) electrons. The van der Waals surface area contributed by atoms with Crippen molar-refractivity contribution >= 4 is 29.2 Å². The van der Waals surface area contributed by atoms with Gasteiger partial charge in [-0.2, -0.15) is 0 Å². The number of alkyl halides is 2. The lowest BCUT2D eigenvalue weighted by Gasteiger charge is -2.40. The Bertz CT molecular complexity index is 1360. The minimum absolute atomic E-state index is 0.00503. The first kappa shape index (κ1) is 28.2. The van der Waals surface area contributed by atoms with E-state index in [1.165, 1.54) is 36.1 Å². The Hall–Kier alpha value is -3.31. The van der Waals surface area contributed by atoms with Gasteiger partial charge in [-0.15, -0.1) is 0 Å². The third-order valence-corrected chi connectivity index (χ3v) is 8.53. The molecule has 4 heterocycles. The van der Waals surface area contributed by atoms with Crippen LogP contribution in [0.2, 0.25) is 5.02 Å². The van der Waals surface area contributed by atoms with E-state index in [1.54, 1.807) is 15.9 Å². The van der Waals surface area contributed by atoms with Gasteiger partial charge in [-0.25, -0.2) is 18.2 Å². The lowest BCUT2D eigenvalue weighted by atomic mass is 9.96. The van der Waals surface area contributed by atoms with Crippen molar-refractivity contribution in [1.29, 1.82) is 0 Å². The maximum atomic E-state index is 15.0. The van der Waals surface area contributed by atoms with Crippen molar-refractivity contribution in [3.8, 4) is 17.0 Å². The number of ether oxygens (including phenoxy) is 1. The zero-order chi connectivity index (χ0) is 28.9. The number of halogens is 4. The summed E-state index contributed by atoms with van der Waals surface area (Å²) in [7, 11) is 3.62. The molecule has 1 unspecified atom stereocenters. The predicted octanol–water partition coefficient (Wildman–Crippen LogP) is 3.94. The maximum absolute atomic E-state index is 15.0. The molecular weight excluding hydrogens is 547 g/mol. The van der Waals surface area contributed by atoms with E-state index < -0.39 is 29.7 Å². The maximum Gasteiger partial charge on any atom is 0.261 e. The molecule has 0 saturated carbocycles. The molecule has 0 aliphatic carbocycles. The van der Waals surface area contributed by atoms with Crippen molar-refractivity contribution in [1.82, 2.24) is 19.7 Å². The molecule has 2 fully saturated rings. The van der Waals surface area contributed by atoms with Gasteiger partial charge in [-0.05, 0) is 45.6 Å². The number of pyridine rings is 1. The minimum atomic E-state index is -2.77. The number of fused-ring (bicyclic) bond motifs is 2. The molecular formula is C28H31ClF3N5O3. The predicted molar refractivity (Wildman–Crippen MR) is 146 cm³/mol. The van der Waals surface area contributed by atoms with E-state index in [1.807, 2.05) is 19.0 Å². The van der Waals surface area contributed by atoms with E-state index in [9.17, 15) is 22.8 Å². The van der Waals surface area contributed by atoms with E-state index in [0.29, 0.717) is 0 Å². The standard InChI is InChI=1S/C28H31ClF3N5O3/c1-5-20(38)35-10-11-36-17(13-35)15-40-24-21(26(36)39)25(33-23(22(24)29)18-8-6-7-9-19(18)30)37-14-16(34(3)4)12-28(37,2)27(31)32/h5-9,16-17,27H,1,10-15H2,2-4H3/t16-,17-,28?/m1/s1. The average Bonchev–Trinajstić information content (AvgIpc) is 3.23. The molecule has 12 heteroatoms. The lowest BCUT2D eigenvalue weighted by molar-refractivity contribution is -0.128. The number of aromatic nitrogens is 1. The van der Waals surface area contributed by atoms with Crippen LogP contribution < -0.4 is 9.64 Å². The number of nitrogens with zero attached hydrogens (tertiary/aromatic N) is 5. The van der Waals surface area contributed by atoms with Crippen LogP contribution in [0.4, 0.5) is 19.0 Å². The van der Waals surface area contributed by atoms with Crippen molar-refractivity contribution in [2.45, 2.75) is 37.4 Å². The van der Waals surface area contributed by atoms with E-state index >= 15 is 0 Å². The molecule has 2 amide bonds. The third-order valence-electron chi connectivity index (χ3n) is 8.18. The number of hydrogen-bond donors (Lipinski definition) is 0. The SMILES string of the molecule is C=CC(=O)N1CCN2C(=O)c3c(N4C[C@H](N(C)C)CC4(C)C(F)F)nc(-c4ccccc4F)c(Cl)c3OC[C@H]2C1. The summed E-state index contributed by atoms with van der Waals surface area (Å²) in [4.78, 5) is 37.6. The highest BCUT2D eigenvalue weighted by Gasteiger charge is 2.52. The Morgan fingerprint density at radius 3 is 2.65 bits per heavy atom. The molecule has 8 nitrogen and oxygen atoms in total. The van der Waals surface area contributed by atoms with Crippen LogP contribution in [0.5, 0.6) is 5.75 Å². The molecule has 40 heavy (non-hydrogen) atoms. The second kappa shape index (κ2) is 10.6. The summed E-state index contributed by atoms with van der Waals surface area (Å²) >= 11 is 6.78. The highest BCUT2D eigenvalue weighted by molar-refractivity contribution is 6.35. The van der Waals surface area contributed by atoms with Gasteiger partial charge in [0.15, 0.2) is 5.75 Å². The van der Waals surface area contributed by atoms with Crippen LogP contribution in [0.1, 0.15) is 23.7 Å². The van der Waals surface area contributed by atoms with Crippen molar-refractivity contribution in [2.24, 2.45) is 0 Å². The fourth-order valence-electron chi connectivity index (χ4n) is 5.75. The summed E-state index contributed by atoms with van der Waals surface area (Å²) in [6, 6.07) is 5.08. The first-order valence-corrected chi connectivity index (χ1v) is 13.4. The molecule has 1 aromatic heterocycles. The molecule has 0 spiro atoms. The normalized spacial score (nSPS) is 24.6. The Kier molecular flexibility index (Phi) is 7.47. The fraction of sp³-hybridized carbons (Fsp3) is 0.464. The molecule has 214 valence electrons. The number of anilines is 1. The summed E-state index contributed by atoms with van der Waals surface area (Å²) < 4.78 is 50.6. The number of carbonyl (C=O) groups is 2. The van der Waals surface area contributed by atoms with Gasteiger partial charge in [-0.1, -0.05) is 30.3 Å². The monoisotopic (exact) mass is 577 g/mol. The van der Waals surface area contributed by atoms with Crippen LogP contribution in [-0.2, 0) is 4.79 Å². The molecule has 5 rings (SSSR count). The van der Waals surface area contributed by atoms with Gasteiger partial charge in [-0.3, -0.25) is 9.59 Å². The van der Waals surface area contributed by atoms with E-state index in [2.05, 4.69) is 11.6 Å². The van der Waals surface area contributed by atoms with Crippen molar-refractivity contribution < 1.29 is 27.5 Å². The number of likely N-dealkylation sites (N-methyl/N-ethyl adjacent to an activating group) is 1. The molecule has 3 aliphatic heterocycles. The fourth-order valence-corrected chi connectivity index (χ4v) is 6.05. The molecule has 3 aliphatic rings. The van der Waals surface area contributed by atoms with Gasteiger partial charge < -0.3 is 24.3 Å². The van der Waals surface area contributed by atoms with Crippen molar-refractivity contribution in [3.05, 3.63) is 53.3 Å². The van der Waals surface area contributed by atoms with Crippen LogP contribution >= 0.6 is 11.6 Å². The smallest absolute Gasteiger partial charge is 0.261 e. The van der Waals surface area contributed by atoms with E-state index in [0.717, 1.165) is 0 Å². The molecule has 0 bridgehead atoms. The number of rotatable bonds is 5. The summed E-state index contributed by atoms with van der Waals surface area (Å²) in [5.74, 6) is -1.42. The van der Waals surface area contributed by atoms with Gasteiger partial charge in [0.1, 0.15) is 34.4 Å². The highest BCUT2D eigenvalue weighted by Crippen LogP contribution is 2.48. The van der Waals surface area contributed by atoms with Gasteiger partial charge >= 0.3 is 0 Å². The largest absolute Gasteiger partial charge is 0.489 e. The molecule has 0 N–H and O–H groups in total. The second-order valence-corrected chi connectivity index (χ2v) is 11.2. The van der Waals surface area contributed by atoms with Gasteiger partial charge in [0.05, 0.1) is 11.7 Å². The zero-order valence-electron chi connectivity index (χ0n) is 22.5. The van der Waals surface area contributed by atoms with Crippen LogP contribution in [0.15, 0.2) is 36.9 Å². The molecule has 1 aromatic carbocycles. The third kappa shape index (κ3) is 4.58. The Morgan fingerprint density at radius 2 is 2.00 bits per heavy atom. The molecule has 2 aromatic rings. The number of carbonyl (C=O) groups excluding carboxylic acids is 2. The first-order chi connectivity index (χ1) is 19.0. The summed E-state index contributed by atoms with van der Waals surface area (Å²) in [5, 5.41) is -0.0850. The highest BCUT2D eigenvalue weighted by atomic mass is 35.5. The quantitative estimate of drug-likeness (QED) is 0.502. The van der Waals surface area contributed by atoms with E-state index in [-0.39, 0.29) is 84.6 Å². The Morgan fingerprint density at radius 1 is 1.27 bits per heavy atom. The molecule has 3 atom stereocenters. The first-order valence-electron chi connectivity index (χ1n) is 13.0. The minimum Gasteiger partial charge on any atom is -0.489 e. The van der Waals surface area contributed by atoms with Gasteiger partial charge in [0.2, 0.25) is 5.91 Å². The van der Waals surface area contributed by atoms with E-state index in [4.69, 9.17) is 16.3 Å². The zero-order valence-corrected chi connectivity index (χ0v) is 23.3. The summed E-state index contributed by atoms with van der Waals surface area (Å²) in [6.07, 6.45) is -1.44. The number of hydrogen-bond acceptors (Lipinski definition) is 6. The topological polar surface area (TPSA) is 69.2 Å². The Labute approximate surface area is 235 Å². The van der Waals surface area contributed by atoms with Crippen LogP contribution in [-0.4, -0.2) is 102 Å². The van der Waals surface area contributed by atoms with Gasteiger partial charge in [0.25, 0.3) is 12.3 Å².